The Balaban J connectivity index is 1.49. The molecule has 0 unspecified atom stereocenters. The second-order valence-electron chi connectivity index (χ2n) is 7.75. The average Bonchev–Trinajstić information content (AvgIpc) is 3.20. The molecule has 1 atom stereocenters. The van der Waals surface area contributed by atoms with E-state index in [-0.39, 0.29) is 24.1 Å². The predicted molar refractivity (Wildman–Crippen MR) is 113 cm³/mol. The van der Waals surface area contributed by atoms with Gasteiger partial charge in [0.1, 0.15) is 17.5 Å². The molecule has 1 N–H and O–H groups in total. The number of carbonyl (C=O) groups excluding carboxylic acids is 1. The van der Waals surface area contributed by atoms with Gasteiger partial charge < -0.3 is 15.1 Å². The SMILES string of the molecule is Cc1nc(NCc2cnn(Cc3cc(F)c(F)cc3F)c2)nc2c1N(C)C(=O)[C@H](C)N2C. The van der Waals surface area contributed by atoms with Crippen LogP contribution >= 0.6 is 0 Å². The number of carbonyl (C=O) groups is 1. The Hall–Kier alpha value is -3.63. The Labute approximate surface area is 182 Å². The lowest BCUT2D eigenvalue weighted by Crippen LogP contribution is -2.49. The minimum Gasteiger partial charge on any atom is -0.350 e. The highest BCUT2D eigenvalue weighted by molar-refractivity contribution is 6.04. The van der Waals surface area contributed by atoms with Gasteiger partial charge in [-0.05, 0) is 19.9 Å². The van der Waals surface area contributed by atoms with Crippen molar-refractivity contribution in [2.45, 2.75) is 33.0 Å². The summed E-state index contributed by atoms with van der Waals surface area (Å²) in [6.07, 6.45) is 3.25. The molecule has 8 nitrogen and oxygen atoms in total. The quantitative estimate of drug-likeness (QED) is 0.609. The summed E-state index contributed by atoms with van der Waals surface area (Å²) < 4.78 is 41.8. The van der Waals surface area contributed by atoms with E-state index in [1.165, 1.54) is 4.68 Å². The van der Waals surface area contributed by atoms with Crippen molar-refractivity contribution in [2.75, 3.05) is 29.2 Å². The largest absolute Gasteiger partial charge is 0.350 e. The molecular formula is C21H22F3N7O. The van der Waals surface area contributed by atoms with Gasteiger partial charge in [0.25, 0.3) is 0 Å². The maximum absolute atomic E-state index is 13.9. The lowest BCUT2D eigenvalue weighted by Gasteiger charge is -2.37. The van der Waals surface area contributed by atoms with Crippen LogP contribution in [0.15, 0.2) is 24.5 Å². The zero-order chi connectivity index (χ0) is 23.2. The average molecular weight is 445 g/mol. The molecule has 32 heavy (non-hydrogen) atoms. The van der Waals surface area contributed by atoms with E-state index < -0.39 is 17.5 Å². The van der Waals surface area contributed by atoms with E-state index in [0.717, 1.165) is 11.6 Å². The van der Waals surface area contributed by atoms with Gasteiger partial charge >= 0.3 is 0 Å². The first-order valence-electron chi connectivity index (χ1n) is 9.93. The molecule has 1 amide bonds. The summed E-state index contributed by atoms with van der Waals surface area (Å²) in [7, 11) is 3.52. The number of fused-ring (bicyclic) bond motifs is 1. The van der Waals surface area contributed by atoms with Gasteiger partial charge in [-0.1, -0.05) is 0 Å². The number of nitrogens with one attached hydrogen (secondary N) is 1. The first-order chi connectivity index (χ1) is 15.2. The van der Waals surface area contributed by atoms with E-state index in [2.05, 4.69) is 20.4 Å². The molecule has 0 saturated carbocycles. The summed E-state index contributed by atoms with van der Waals surface area (Å²) in [6, 6.07) is 1.01. The lowest BCUT2D eigenvalue weighted by atomic mass is 10.1. The standard InChI is InChI=1S/C21H22F3N7O/c1-11-18-19(29(3)12(2)20(32)30(18)4)28-21(27-11)25-7-13-8-26-31(9-13)10-14-5-16(23)17(24)6-15(14)22/h5-6,8-9,12H,7,10H2,1-4H3,(H,25,27,28)/t12-/m0/s1. The third kappa shape index (κ3) is 3.85. The van der Waals surface area contributed by atoms with Gasteiger partial charge in [0.15, 0.2) is 17.5 Å². The van der Waals surface area contributed by atoms with Gasteiger partial charge in [-0.25, -0.2) is 18.2 Å². The minimum absolute atomic E-state index is 0.00372. The van der Waals surface area contributed by atoms with Gasteiger partial charge in [-0.3, -0.25) is 9.48 Å². The number of rotatable bonds is 5. The molecule has 0 spiro atoms. The summed E-state index contributed by atoms with van der Waals surface area (Å²) in [5, 5.41) is 7.27. The van der Waals surface area contributed by atoms with Crippen LogP contribution in [0.1, 0.15) is 23.7 Å². The zero-order valence-electron chi connectivity index (χ0n) is 18.0. The zero-order valence-corrected chi connectivity index (χ0v) is 18.0. The number of likely N-dealkylation sites (N-methyl/N-ethyl adjacent to an activating group) is 2. The molecule has 3 heterocycles. The van der Waals surface area contributed by atoms with Crippen molar-refractivity contribution in [1.82, 2.24) is 19.7 Å². The number of amides is 1. The third-order valence-electron chi connectivity index (χ3n) is 5.54. The van der Waals surface area contributed by atoms with Crippen molar-refractivity contribution >= 4 is 23.4 Å². The van der Waals surface area contributed by atoms with Crippen LogP contribution in [0.5, 0.6) is 0 Å². The van der Waals surface area contributed by atoms with Crippen molar-refractivity contribution in [2.24, 2.45) is 0 Å². The van der Waals surface area contributed by atoms with Crippen LogP contribution in [-0.4, -0.2) is 45.8 Å². The molecule has 11 heteroatoms. The molecule has 2 aromatic heterocycles. The molecule has 1 aromatic carbocycles. The number of aryl methyl sites for hydroxylation is 1. The highest BCUT2D eigenvalue weighted by Gasteiger charge is 2.34. The Morgan fingerprint density at radius 3 is 2.56 bits per heavy atom. The van der Waals surface area contributed by atoms with Crippen LogP contribution in [0.3, 0.4) is 0 Å². The molecule has 1 aliphatic heterocycles. The van der Waals surface area contributed by atoms with Gasteiger partial charge in [0.05, 0.1) is 18.4 Å². The van der Waals surface area contributed by atoms with Crippen molar-refractivity contribution in [3.8, 4) is 0 Å². The molecule has 4 rings (SSSR count). The number of hydrogen-bond donors (Lipinski definition) is 1. The highest BCUT2D eigenvalue weighted by Crippen LogP contribution is 2.35. The van der Waals surface area contributed by atoms with Crippen molar-refractivity contribution < 1.29 is 18.0 Å². The summed E-state index contributed by atoms with van der Waals surface area (Å²) in [4.78, 5) is 24.8. The van der Waals surface area contributed by atoms with E-state index in [4.69, 9.17) is 0 Å². The topological polar surface area (TPSA) is 79.2 Å². The van der Waals surface area contributed by atoms with Crippen molar-refractivity contribution in [1.29, 1.82) is 0 Å². The van der Waals surface area contributed by atoms with Gasteiger partial charge in [-0.15, -0.1) is 0 Å². The minimum atomic E-state index is -1.23. The number of aromatic nitrogens is 4. The first kappa shape index (κ1) is 21.6. The fourth-order valence-electron chi connectivity index (χ4n) is 3.63. The van der Waals surface area contributed by atoms with E-state index >= 15 is 0 Å². The van der Waals surface area contributed by atoms with Crippen LogP contribution in [0.25, 0.3) is 0 Å². The maximum atomic E-state index is 13.9. The van der Waals surface area contributed by atoms with Crippen molar-refractivity contribution in [3.63, 3.8) is 0 Å². The molecule has 3 aromatic rings. The highest BCUT2D eigenvalue weighted by atomic mass is 19.2. The molecule has 0 fully saturated rings. The maximum Gasteiger partial charge on any atom is 0.249 e. The van der Waals surface area contributed by atoms with Gasteiger partial charge in [0.2, 0.25) is 11.9 Å². The van der Waals surface area contributed by atoms with E-state index in [0.29, 0.717) is 35.8 Å². The van der Waals surface area contributed by atoms with Crippen LogP contribution in [0.4, 0.5) is 30.6 Å². The second-order valence-corrected chi connectivity index (χ2v) is 7.75. The molecule has 0 saturated heterocycles. The predicted octanol–water partition coefficient (Wildman–Crippen LogP) is 2.86. The normalized spacial score (nSPS) is 15.8. The number of anilines is 3. The van der Waals surface area contributed by atoms with E-state index in [9.17, 15) is 18.0 Å². The van der Waals surface area contributed by atoms with Crippen molar-refractivity contribution in [3.05, 3.63) is 58.8 Å². The second kappa shape index (κ2) is 8.13. The number of benzene rings is 1. The summed E-state index contributed by atoms with van der Waals surface area (Å²) in [5.74, 6) is -2.16. The number of halogens is 3. The van der Waals surface area contributed by atoms with E-state index in [1.54, 1.807) is 24.3 Å². The van der Waals surface area contributed by atoms with Crippen LogP contribution in [-0.2, 0) is 17.9 Å². The monoisotopic (exact) mass is 445 g/mol. The number of nitrogens with zero attached hydrogens (tertiary/aromatic N) is 6. The third-order valence-corrected chi connectivity index (χ3v) is 5.54. The molecule has 0 aliphatic carbocycles. The Kier molecular flexibility index (Phi) is 5.49. The summed E-state index contributed by atoms with van der Waals surface area (Å²) in [5.41, 5.74) is 2.09. The molecule has 0 bridgehead atoms. The molecule has 1 aliphatic rings. The smallest absolute Gasteiger partial charge is 0.249 e. The summed E-state index contributed by atoms with van der Waals surface area (Å²) >= 11 is 0. The number of hydrogen-bond acceptors (Lipinski definition) is 6. The van der Waals surface area contributed by atoms with Gasteiger partial charge in [0, 0.05) is 44.0 Å². The fourth-order valence-corrected chi connectivity index (χ4v) is 3.63. The Morgan fingerprint density at radius 1 is 1.09 bits per heavy atom. The Morgan fingerprint density at radius 2 is 1.81 bits per heavy atom. The lowest BCUT2D eigenvalue weighted by molar-refractivity contribution is -0.119. The van der Waals surface area contributed by atoms with Crippen LogP contribution in [0, 0.1) is 24.4 Å². The molecule has 0 radical (unpaired) electrons. The van der Waals surface area contributed by atoms with Gasteiger partial charge in [-0.2, -0.15) is 10.1 Å². The molecule has 168 valence electrons. The summed E-state index contributed by atoms with van der Waals surface area (Å²) in [6.45, 7) is 3.93. The molecular weight excluding hydrogens is 423 g/mol. The fraction of sp³-hybridized carbons (Fsp3) is 0.333. The van der Waals surface area contributed by atoms with Crippen LogP contribution < -0.4 is 15.1 Å². The first-order valence-corrected chi connectivity index (χ1v) is 9.93. The Bertz CT molecular complexity index is 1200. The van der Waals surface area contributed by atoms with Crippen LogP contribution in [0.2, 0.25) is 0 Å². The van der Waals surface area contributed by atoms with E-state index in [1.807, 2.05) is 25.8 Å².